The van der Waals surface area contributed by atoms with Gasteiger partial charge in [-0.25, -0.2) is 5.10 Å². The van der Waals surface area contributed by atoms with Gasteiger partial charge in [0.25, 0.3) is 11.8 Å². The van der Waals surface area contributed by atoms with Gasteiger partial charge in [-0.2, -0.15) is 13.8 Å². The zero-order valence-corrected chi connectivity index (χ0v) is 22.6. The van der Waals surface area contributed by atoms with E-state index in [-0.39, 0.29) is 46.2 Å². The summed E-state index contributed by atoms with van der Waals surface area (Å²) in [7, 11) is 1.33. The van der Waals surface area contributed by atoms with Gasteiger partial charge in [0.05, 0.1) is 7.11 Å². The first-order valence-electron chi connectivity index (χ1n) is 12.4. The number of benzene rings is 3. The average molecular weight is 605 g/mol. The topological polar surface area (TPSA) is 236 Å². The fraction of sp³-hybridized carbons (Fsp3) is 0.0370. The number of methoxy groups -OCH3 is 1. The number of nitrogens with two attached hydrogens (primary N) is 2. The monoisotopic (exact) mass is 604 g/mol. The zero-order valence-electron chi connectivity index (χ0n) is 22.6. The van der Waals surface area contributed by atoms with Crippen molar-refractivity contribution >= 4 is 17.5 Å². The van der Waals surface area contributed by atoms with Gasteiger partial charge in [-0.15, -0.1) is 5.10 Å². The summed E-state index contributed by atoms with van der Waals surface area (Å²) in [6.45, 7) is 0. The van der Waals surface area contributed by atoms with Crippen molar-refractivity contribution in [3.05, 3.63) is 77.9 Å². The summed E-state index contributed by atoms with van der Waals surface area (Å²) in [5.41, 5.74) is 11.8. The number of H-pyrrole nitrogens is 1. The number of phenolic OH excluding ortho intramolecular Hbond substituents is 1. The van der Waals surface area contributed by atoms with Gasteiger partial charge in [0.15, 0.2) is 34.8 Å². The van der Waals surface area contributed by atoms with E-state index in [0.29, 0.717) is 11.3 Å². The molecule has 0 saturated carbocycles. The molecule has 15 nitrogen and oxygen atoms in total. The van der Waals surface area contributed by atoms with E-state index in [1.807, 2.05) is 0 Å². The number of tetrazole rings is 1. The predicted molar refractivity (Wildman–Crippen MR) is 152 cm³/mol. The lowest BCUT2D eigenvalue weighted by Crippen LogP contribution is -2.20. The van der Waals surface area contributed by atoms with E-state index in [0.717, 1.165) is 6.07 Å². The molecular weight excluding hydrogens is 582 g/mol. The van der Waals surface area contributed by atoms with Crippen LogP contribution in [0.5, 0.6) is 46.3 Å². The highest BCUT2D eigenvalue weighted by atomic mass is 19.1. The van der Waals surface area contributed by atoms with Gasteiger partial charge < -0.3 is 40.8 Å². The molecule has 0 saturated heterocycles. The molecule has 0 aliphatic carbocycles. The molecule has 0 atom stereocenters. The molecule has 224 valence electrons. The van der Waals surface area contributed by atoms with Gasteiger partial charge in [0, 0.05) is 22.9 Å². The molecule has 0 spiro atoms. The molecule has 0 aliphatic rings. The number of hydrogen-bond acceptors (Lipinski definition) is 11. The predicted octanol–water partition coefficient (Wildman–Crippen LogP) is 4.22. The molecule has 9 N–H and O–H groups in total. The van der Waals surface area contributed by atoms with Crippen LogP contribution >= 0.6 is 0 Å². The molecule has 17 heteroatoms. The third kappa shape index (κ3) is 6.20. The summed E-state index contributed by atoms with van der Waals surface area (Å²) in [6.07, 6.45) is 0. The Labute approximate surface area is 246 Å². The van der Waals surface area contributed by atoms with Gasteiger partial charge in [-0.05, 0) is 59.0 Å². The lowest BCUT2D eigenvalue weighted by molar-refractivity contribution is 0.322. The minimum absolute atomic E-state index is 0.0185. The Bertz CT molecular complexity index is 1870. The van der Waals surface area contributed by atoms with Crippen LogP contribution in [0.15, 0.2) is 60.7 Å². The zero-order chi connectivity index (χ0) is 31.4. The molecule has 0 bridgehead atoms. The molecule has 0 amide bonds. The van der Waals surface area contributed by atoms with Gasteiger partial charge in [0.1, 0.15) is 11.6 Å². The number of pyridine rings is 1. The summed E-state index contributed by atoms with van der Waals surface area (Å²) in [4.78, 5) is 3.85. The molecule has 0 aliphatic heterocycles. The second kappa shape index (κ2) is 12.1. The summed E-state index contributed by atoms with van der Waals surface area (Å²) < 4.78 is 54.0. The second-order valence-electron chi connectivity index (χ2n) is 8.76. The van der Waals surface area contributed by atoms with E-state index in [4.69, 9.17) is 41.2 Å². The fourth-order valence-electron chi connectivity index (χ4n) is 3.77. The molecule has 0 unspecified atom stereocenters. The van der Waals surface area contributed by atoms with Gasteiger partial charge in [-0.1, -0.05) is 6.07 Å². The molecule has 0 radical (unpaired) electrons. The Morgan fingerprint density at radius 1 is 0.909 bits per heavy atom. The Morgan fingerprint density at radius 3 is 2.36 bits per heavy atom. The van der Waals surface area contributed by atoms with E-state index in [2.05, 4.69) is 30.9 Å². The maximum atomic E-state index is 15.9. The Balaban J connectivity index is 1.62. The number of hydrogen-bond donors (Lipinski definition) is 7. The van der Waals surface area contributed by atoms with E-state index >= 15 is 8.78 Å². The van der Waals surface area contributed by atoms with Crippen molar-refractivity contribution < 1.29 is 32.8 Å². The maximum absolute atomic E-state index is 15.9. The number of rotatable bonds is 10. The number of halogens is 2. The number of aromatic nitrogens is 5. The van der Waals surface area contributed by atoms with Crippen molar-refractivity contribution in [2.24, 2.45) is 11.5 Å². The summed E-state index contributed by atoms with van der Waals surface area (Å²) in [5, 5.41) is 41.4. The number of ether oxygens (including phenoxy) is 4. The Kier molecular flexibility index (Phi) is 8.00. The highest BCUT2D eigenvalue weighted by molar-refractivity contribution is 5.95. The molecule has 2 heterocycles. The van der Waals surface area contributed by atoms with Crippen LogP contribution in [-0.4, -0.2) is 49.6 Å². The van der Waals surface area contributed by atoms with E-state index < -0.39 is 34.9 Å². The van der Waals surface area contributed by atoms with Crippen molar-refractivity contribution in [1.29, 1.82) is 10.8 Å². The molecule has 3 aromatic carbocycles. The first-order valence-corrected chi connectivity index (χ1v) is 12.4. The minimum atomic E-state index is -1.41. The first kappa shape index (κ1) is 29.0. The molecule has 0 fully saturated rings. The second-order valence-corrected chi connectivity index (χ2v) is 8.76. The van der Waals surface area contributed by atoms with Crippen LogP contribution in [0.25, 0.3) is 11.4 Å². The Hall–Kier alpha value is -6.52. The summed E-state index contributed by atoms with van der Waals surface area (Å²) in [6, 6.07) is 14.0. The van der Waals surface area contributed by atoms with Crippen LogP contribution in [-0.2, 0) is 0 Å². The fourth-order valence-corrected chi connectivity index (χ4v) is 3.77. The van der Waals surface area contributed by atoms with Crippen molar-refractivity contribution in [1.82, 2.24) is 25.6 Å². The van der Waals surface area contributed by atoms with Crippen molar-refractivity contribution in [3.8, 4) is 57.6 Å². The Morgan fingerprint density at radius 2 is 1.68 bits per heavy atom. The van der Waals surface area contributed by atoms with Crippen molar-refractivity contribution in [2.75, 3.05) is 12.4 Å². The highest BCUT2D eigenvalue weighted by Gasteiger charge is 2.28. The lowest BCUT2D eigenvalue weighted by Gasteiger charge is -2.17. The summed E-state index contributed by atoms with van der Waals surface area (Å²) in [5.74, 6) is -6.74. The smallest absolute Gasteiger partial charge is 0.263 e. The number of aromatic hydroxyl groups is 1. The highest BCUT2D eigenvalue weighted by Crippen LogP contribution is 2.43. The minimum Gasteiger partial charge on any atom is -0.504 e. The van der Waals surface area contributed by atoms with Crippen LogP contribution < -0.4 is 35.7 Å². The first-order chi connectivity index (χ1) is 21.1. The van der Waals surface area contributed by atoms with Crippen LogP contribution in [0.1, 0.15) is 5.56 Å². The standard InChI is InChI=1S/C27H22F2N10O5/c1-41-17-8-6-13(24-36-38-39-37-24)10-19(17)43-22-20(28)25(42-15-4-2-3-14(11-15)34-27(32)33)35-26(21(22)29)44-18-9-12(23(30)31)5-7-16(18)40/h2-11,40H,1H3,(H3,30,31)(H4,32,33,34)(H,36,37,38,39). The van der Waals surface area contributed by atoms with E-state index in [1.54, 1.807) is 12.1 Å². The lowest BCUT2D eigenvalue weighted by atomic mass is 10.2. The number of nitrogens with zero attached hydrogens (tertiary/aromatic N) is 4. The summed E-state index contributed by atoms with van der Waals surface area (Å²) >= 11 is 0. The molecule has 5 rings (SSSR count). The van der Waals surface area contributed by atoms with Crippen molar-refractivity contribution in [2.45, 2.75) is 0 Å². The van der Waals surface area contributed by atoms with E-state index in [9.17, 15) is 5.11 Å². The van der Waals surface area contributed by atoms with Gasteiger partial charge in [0.2, 0.25) is 17.4 Å². The van der Waals surface area contributed by atoms with Crippen LogP contribution in [0.4, 0.5) is 14.5 Å². The molecule has 44 heavy (non-hydrogen) atoms. The molecule has 2 aromatic heterocycles. The largest absolute Gasteiger partial charge is 0.504 e. The van der Waals surface area contributed by atoms with Crippen LogP contribution in [0.3, 0.4) is 0 Å². The third-order valence-electron chi connectivity index (χ3n) is 5.78. The normalized spacial score (nSPS) is 10.6. The van der Waals surface area contributed by atoms with Crippen LogP contribution in [0.2, 0.25) is 0 Å². The maximum Gasteiger partial charge on any atom is 0.263 e. The number of guanidine groups is 1. The average Bonchev–Trinajstić information content (AvgIpc) is 3.54. The number of phenols is 1. The van der Waals surface area contributed by atoms with Crippen LogP contribution in [0, 0.1) is 22.5 Å². The SMILES string of the molecule is COc1ccc(-c2nnn[nH]2)cc1Oc1c(F)c(Oc2cccc(NC(=N)N)c2)nc(Oc2cc(C(=N)N)ccc2O)c1F. The number of nitrogens with one attached hydrogen (secondary N) is 4. The number of amidine groups is 1. The molecular formula is C27H22F2N10O5. The quantitative estimate of drug-likeness (QED) is 0.0876. The number of aromatic amines is 1. The number of nitrogen functional groups attached to an aromatic ring is 1. The van der Waals surface area contributed by atoms with E-state index in [1.165, 1.54) is 49.6 Å². The third-order valence-corrected chi connectivity index (χ3v) is 5.78. The van der Waals surface area contributed by atoms with Gasteiger partial charge in [-0.3, -0.25) is 10.8 Å². The van der Waals surface area contributed by atoms with Gasteiger partial charge >= 0.3 is 0 Å². The molecule has 5 aromatic rings. The van der Waals surface area contributed by atoms with Crippen molar-refractivity contribution in [3.63, 3.8) is 0 Å². The number of anilines is 1.